The summed E-state index contributed by atoms with van der Waals surface area (Å²) < 4.78 is 9.95. The number of rotatable bonds is 6. The molecule has 0 atom stereocenters. The minimum Gasteiger partial charge on any atom is -0.468 e. The molecular weight excluding hydrogens is 208 g/mol. The maximum absolute atomic E-state index is 11.1. The van der Waals surface area contributed by atoms with E-state index in [9.17, 15) is 4.79 Å². The number of carbonyl (C=O) groups excluding carboxylic acids is 1. The van der Waals surface area contributed by atoms with Gasteiger partial charge in [-0.3, -0.25) is 14.6 Å². The summed E-state index contributed by atoms with van der Waals surface area (Å²) in [4.78, 5) is 15.6. The van der Waals surface area contributed by atoms with E-state index in [0.717, 1.165) is 45.9 Å². The first-order chi connectivity index (χ1) is 7.76. The molecule has 0 aromatic heterocycles. The quantitative estimate of drug-likeness (QED) is 0.592. The Morgan fingerprint density at radius 3 is 2.69 bits per heavy atom. The van der Waals surface area contributed by atoms with Gasteiger partial charge in [-0.25, -0.2) is 0 Å². The number of hydrogen-bond donors (Lipinski definition) is 0. The van der Waals surface area contributed by atoms with Crippen LogP contribution >= 0.6 is 0 Å². The third-order valence-electron chi connectivity index (χ3n) is 2.86. The second kappa shape index (κ2) is 7.60. The van der Waals surface area contributed by atoms with Gasteiger partial charge in [0, 0.05) is 26.2 Å². The molecule has 0 aromatic carbocycles. The Hall–Kier alpha value is -0.650. The van der Waals surface area contributed by atoms with E-state index in [1.807, 2.05) is 0 Å². The summed E-state index contributed by atoms with van der Waals surface area (Å²) in [6, 6.07) is 0. The lowest BCUT2D eigenvalue weighted by atomic mass is 10.4. The van der Waals surface area contributed by atoms with Crippen LogP contribution in [0.1, 0.15) is 6.92 Å². The van der Waals surface area contributed by atoms with Crippen molar-refractivity contribution < 1.29 is 14.3 Å². The minimum atomic E-state index is -0.163. The summed E-state index contributed by atoms with van der Waals surface area (Å²) in [5.41, 5.74) is 0. The summed E-state index contributed by atoms with van der Waals surface area (Å²) in [6.45, 7) is 8.86. The standard InChI is InChI=1S/C11H22N2O3/c1-3-12(10-11(14)15-2)4-5-13-6-8-16-9-7-13/h3-10H2,1-2H3. The Morgan fingerprint density at radius 2 is 2.12 bits per heavy atom. The Morgan fingerprint density at radius 1 is 1.44 bits per heavy atom. The van der Waals surface area contributed by atoms with Gasteiger partial charge >= 0.3 is 5.97 Å². The van der Waals surface area contributed by atoms with Gasteiger partial charge < -0.3 is 9.47 Å². The number of esters is 1. The van der Waals surface area contributed by atoms with Gasteiger partial charge in [-0.05, 0) is 6.54 Å². The van der Waals surface area contributed by atoms with Crippen molar-refractivity contribution in [3.05, 3.63) is 0 Å². The SMILES string of the molecule is CCN(CCN1CCOCC1)CC(=O)OC. The number of morpholine rings is 1. The fourth-order valence-corrected chi connectivity index (χ4v) is 1.70. The molecule has 0 spiro atoms. The van der Waals surface area contributed by atoms with E-state index in [-0.39, 0.29) is 5.97 Å². The zero-order valence-electron chi connectivity index (χ0n) is 10.3. The second-order valence-corrected chi connectivity index (χ2v) is 3.90. The van der Waals surface area contributed by atoms with Crippen LogP contribution in [0.2, 0.25) is 0 Å². The molecule has 94 valence electrons. The molecule has 1 saturated heterocycles. The van der Waals surface area contributed by atoms with Crippen LogP contribution < -0.4 is 0 Å². The topological polar surface area (TPSA) is 42.0 Å². The van der Waals surface area contributed by atoms with E-state index in [4.69, 9.17) is 4.74 Å². The summed E-state index contributed by atoms with van der Waals surface area (Å²) in [5, 5.41) is 0. The van der Waals surface area contributed by atoms with Crippen LogP contribution in [-0.4, -0.2) is 75.4 Å². The largest absolute Gasteiger partial charge is 0.468 e. The van der Waals surface area contributed by atoms with Crippen LogP contribution in [0.4, 0.5) is 0 Å². The molecule has 1 fully saturated rings. The molecule has 5 heteroatoms. The molecule has 0 bridgehead atoms. The number of carbonyl (C=O) groups is 1. The number of hydrogen-bond acceptors (Lipinski definition) is 5. The van der Waals surface area contributed by atoms with Gasteiger partial charge in [0.05, 0.1) is 26.9 Å². The first-order valence-electron chi connectivity index (χ1n) is 5.85. The summed E-state index contributed by atoms with van der Waals surface area (Å²) >= 11 is 0. The fraction of sp³-hybridized carbons (Fsp3) is 0.909. The maximum Gasteiger partial charge on any atom is 0.319 e. The molecule has 0 amide bonds. The molecule has 0 unspecified atom stereocenters. The van der Waals surface area contributed by atoms with E-state index in [0.29, 0.717) is 6.54 Å². The van der Waals surface area contributed by atoms with E-state index >= 15 is 0 Å². The predicted octanol–water partition coefficient (Wildman–Crippen LogP) is -0.186. The molecule has 0 aromatic rings. The van der Waals surface area contributed by atoms with Crippen molar-refractivity contribution >= 4 is 5.97 Å². The van der Waals surface area contributed by atoms with E-state index in [1.165, 1.54) is 7.11 Å². The van der Waals surface area contributed by atoms with Gasteiger partial charge in [0.1, 0.15) is 0 Å². The molecule has 5 nitrogen and oxygen atoms in total. The highest BCUT2D eigenvalue weighted by Gasteiger charge is 2.13. The van der Waals surface area contributed by atoms with Crippen molar-refractivity contribution in [2.24, 2.45) is 0 Å². The molecule has 0 N–H and O–H groups in total. The van der Waals surface area contributed by atoms with Crippen LogP contribution in [-0.2, 0) is 14.3 Å². The lowest BCUT2D eigenvalue weighted by molar-refractivity contribution is -0.141. The van der Waals surface area contributed by atoms with Crippen LogP contribution in [0.15, 0.2) is 0 Å². The molecule has 1 heterocycles. The lowest BCUT2D eigenvalue weighted by Gasteiger charge is -2.29. The Balaban J connectivity index is 2.19. The second-order valence-electron chi connectivity index (χ2n) is 3.90. The zero-order valence-corrected chi connectivity index (χ0v) is 10.3. The average molecular weight is 230 g/mol. The number of methoxy groups -OCH3 is 1. The molecule has 0 aliphatic carbocycles. The number of likely N-dealkylation sites (N-methyl/N-ethyl adjacent to an activating group) is 1. The fourth-order valence-electron chi connectivity index (χ4n) is 1.70. The van der Waals surface area contributed by atoms with Crippen LogP contribution in [0, 0.1) is 0 Å². The minimum absolute atomic E-state index is 0.163. The van der Waals surface area contributed by atoms with Gasteiger partial charge in [-0.15, -0.1) is 0 Å². The molecule has 16 heavy (non-hydrogen) atoms. The van der Waals surface area contributed by atoms with E-state index in [2.05, 4.69) is 21.5 Å². The molecule has 1 aliphatic rings. The zero-order chi connectivity index (χ0) is 11.8. The van der Waals surface area contributed by atoms with Crippen molar-refractivity contribution in [2.75, 3.05) is 59.6 Å². The summed E-state index contributed by atoms with van der Waals surface area (Å²) in [5.74, 6) is -0.163. The van der Waals surface area contributed by atoms with Crippen LogP contribution in [0.3, 0.4) is 0 Å². The molecular formula is C11H22N2O3. The highest BCUT2D eigenvalue weighted by molar-refractivity contribution is 5.71. The van der Waals surface area contributed by atoms with E-state index < -0.39 is 0 Å². The van der Waals surface area contributed by atoms with Gasteiger partial charge in [-0.1, -0.05) is 6.92 Å². The van der Waals surface area contributed by atoms with Crippen molar-refractivity contribution in [1.82, 2.24) is 9.80 Å². The molecule has 1 aliphatic heterocycles. The normalized spacial score (nSPS) is 17.7. The Kier molecular flexibility index (Phi) is 6.37. The van der Waals surface area contributed by atoms with Crippen LogP contribution in [0.5, 0.6) is 0 Å². The van der Waals surface area contributed by atoms with Crippen molar-refractivity contribution in [1.29, 1.82) is 0 Å². The molecule has 1 rings (SSSR count). The number of ether oxygens (including phenoxy) is 2. The van der Waals surface area contributed by atoms with Gasteiger partial charge in [-0.2, -0.15) is 0 Å². The Labute approximate surface area is 97.3 Å². The van der Waals surface area contributed by atoms with Gasteiger partial charge in [0.15, 0.2) is 0 Å². The smallest absolute Gasteiger partial charge is 0.319 e. The van der Waals surface area contributed by atoms with E-state index in [1.54, 1.807) is 0 Å². The number of nitrogens with zero attached hydrogens (tertiary/aromatic N) is 2. The van der Waals surface area contributed by atoms with Gasteiger partial charge in [0.25, 0.3) is 0 Å². The lowest BCUT2D eigenvalue weighted by Crippen LogP contribution is -2.42. The first-order valence-corrected chi connectivity index (χ1v) is 5.85. The monoisotopic (exact) mass is 230 g/mol. The van der Waals surface area contributed by atoms with Crippen molar-refractivity contribution in [3.8, 4) is 0 Å². The maximum atomic E-state index is 11.1. The first kappa shape index (κ1) is 13.4. The summed E-state index contributed by atoms with van der Waals surface area (Å²) in [6.07, 6.45) is 0. The average Bonchev–Trinajstić information content (AvgIpc) is 2.35. The van der Waals surface area contributed by atoms with Crippen molar-refractivity contribution in [2.45, 2.75) is 6.92 Å². The molecule has 0 radical (unpaired) electrons. The summed E-state index contributed by atoms with van der Waals surface area (Å²) in [7, 11) is 1.43. The Bertz CT molecular complexity index is 205. The highest BCUT2D eigenvalue weighted by atomic mass is 16.5. The highest BCUT2D eigenvalue weighted by Crippen LogP contribution is 1.98. The third-order valence-corrected chi connectivity index (χ3v) is 2.86. The van der Waals surface area contributed by atoms with Crippen molar-refractivity contribution in [3.63, 3.8) is 0 Å². The predicted molar refractivity (Wildman–Crippen MR) is 61.4 cm³/mol. The molecule has 0 saturated carbocycles. The van der Waals surface area contributed by atoms with Gasteiger partial charge in [0.2, 0.25) is 0 Å². The van der Waals surface area contributed by atoms with Crippen LogP contribution in [0.25, 0.3) is 0 Å². The third kappa shape index (κ3) is 4.92.